The van der Waals surface area contributed by atoms with Crippen molar-refractivity contribution >= 4 is 11.6 Å². The van der Waals surface area contributed by atoms with Crippen LogP contribution in [0.25, 0.3) is 0 Å². The SMILES string of the molecule is CNCC(Cc1cc(C)nn1C)c1cccc(Cl)c1. The second kappa shape index (κ2) is 6.22. The molecule has 1 atom stereocenters. The normalized spacial score (nSPS) is 12.6. The van der Waals surface area contributed by atoms with Gasteiger partial charge in [0.2, 0.25) is 0 Å². The average molecular weight is 278 g/mol. The maximum absolute atomic E-state index is 6.09. The first-order valence-corrected chi connectivity index (χ1v) is 6.87. The lowest BCUT2D eigenvalue weighted by atomic mass is 9.94. The Balaban J connectivity index is 2.23. The fourth-order valence-electron chi connectivity index (χ4n) is 2.42. The van der Waals surface area contributed by atoms with Gasteiger partial charge >= 0.3 is 0 Å². The van der Waals surface area contributed by atoms with Crippen molar-refractivity contribution in [3.05, 3.63) is 52.3 Å². The molecular formula is C15H20ClN3. The summed E-state index contributed by atoms with van der Waals surface area (Å²) in [7, 11) is 3.97. The summed E-state index contributed by atoms with van der Waals surface area (Å²) in [6, 6.07) is 10.3. The Morgan fingerprint density at radius 1 is 1.37 bits per heavy atom. The fourth-order valence-corrected chi connectivity index (χ4v) is 2.62. The molecule has 3 nitrogen and oxygen atoms in total. The van der Waals surface area contributed by atoms with Crippen LogP contribution in [0.1, 0.15) is 22.9 Å². The number of benzene rings is 1. The van der Waals surface area contributed by atoms with Crippen molar-refractivity contribution in [1.29, 1.82) is 0 Å². The number of halogens is 1. The van der Waals surface area contributed by atoms with Crippen molar-refractivity contribution in [2.75, 3.05) is 13.6 Å². The Morgan fingerprint density at radius 2 is 2.16 bits per heavy atom. The summed E-state index contributed by atoms with van der Waals surface area (Å²) in [6.07, 6.45) is 0.957. The number of nitrogens with one attached hydrogen (secondary N) is 1. The number of nitrogens with zero attached hydrogens (tertiary/aromatic N) is 2. The molecule has 0 bridgehead atoms. The first-order chi connectivity index (χ1) is 9.10. The van der Waals surface area contributed by atoms with Crippen LogP contribution in [0.5, 0.6) is 0 Å². The zero-order valence-corrected chi connectivity index (χ0v) is 12.4. The Labute approximate surface area is 119 Å². The van der Waals surface area contributed by atoms with Crippen LogP contribution < -0.4 is 5.32 Å². The first kappa shape index (κ1) is 14.1. The lowest BCUT2D eigenvalue weighted by Crippen LogP contribution is -2.20. The molecule has 19 heavy (non-hydrogen) atoms. The van der Waals surface area contributed by atoms with Gasteiger partial charge in [-0.15, -0.1) is 0 Å². The first-order valence-electron chi connectivity index (χ1n) is 6.49. The molecule has 0 aliphatic carbocycles. The molecule has 4 heteroatoms. The van der Waals surface area contributed by atoms with E-state index in [1.807, 2.05) is 43.9 Å². The topological polar surface area (TPSA) is 29.9 Å². The van der Waals surface area contributed by atoms with Crippen molar-refractivity contribution in [1.82, 2.24) is 15.1 Å². The third-order valence-corrected chi connectivity index (χ3v) is 3.56. The molecule has 102 valence electrons. The maximum atomic E-state index is 6.09. The van der Waals surface area contributed by atoms with Gasteiger partial charge in [-0.25, -0.2) is 0 Å². The number of likely N-dealkylation sites (N-methyl/N-ethyl adjacent to an activating group) is 1. The van der Waals surface area contributed by atoms with Gasteiger partial charge in [0.25, 0.3) is 0 Å². The van der Waals surface area contributed by atoms with E-state index in [9.17, 15) is 0 Å². The van der Waals surface area contributed by atoms with Crippen LogP contribution >= 0.6 is 11.6 Å². The zero-order chi connectivity index (χ0) is 13.8. The van der Waals surface area contributed by atoms with Crippen molar-refractivity contribution < 1.29 is 0 Å². The molecule has 0 saturated heterocycles. The molecule has 0 aliphatic heterocycles. The molecule has 1 N–H and O–H groups in total. The summed E-state index contributed by atoms with van der Waals surface area (Å²) in [5, 5.41) is 8.46. The van der Waals surface area contributed by atoms with Gasteiger partial charge in [0.15, 0.2) is 0 Å². The zero-order valence-electron chi connectivity index (χ0n) is 11.7. The van der Waals surface area contributed by atoms with Gasteiger partial charge in [-0.3, -0.25) is 4.68 Å². The number of aromatic nitrogens is 2. The standard InChI is InChI=1S/C15H20ClN3/c1-11-7-15(19(3)18-11)9-13(10-17-2)12-5-4-6-14(16)8-12/h4-8,13,17H,9-10H2,1-3H3. The summed E-state index contributed by atoms with van der Waals surface area (Å²) in [4.78, 5) is 0. The summed E-state index contributed by atoms with van der Waals surface area (Å²) in [5.74, 6) is 0.401. The lowest BCUT2D eigenvalue weighted by Gasteiger charge is -2.17. The van der Waals surface area contributed by atoms with Crippen LogP contribution in [0, 0.1) is 6.92 Å². The van der Waals surface area contributed by atoms with E-state index in [2.05, 4.69) is 22.5 Å². The highest BCUT2D eigenvalue weighted by atomic mass is 35.5. The highest BCUT2D eigenvalue weighted by Gasteiger charge is 2.14. The summed E-state index contributed by atoms with van der Waals surface area (Å²) < 4.78 is 1.96. The minimum atomic E-state index is 0.401. The number of aryl methyl sites for hydroxylation is 2. The van der Waals surface area contributed by atoms with Crippen molar-refractivity contribution in [3.8, 4) is 0 Å². The van der Waals surface area contributed by atoms with Crippen LogP contribution in [-0.4, -0.2) is 23.4 Å². The molecule has 1 aromatic carbocycles. The minimum absolute atomic E-state index is 0.401. The highest BCUT2D eigenvalue weighted by molar-refractivity contribution is 6.30. The van der Waals surface area contributed by atoms with E-state index in [1.165, 1.54) is 11.3 Å². The average Bonchev–Trinajstić information content (AvgIpc) is 2.67. The molecule has 0 spiro atoms. The third kappa shape index (κ3) is 3.58. The second-order valence-electron chi connectivity index (χ2n) is 4.91. The summed E-state index contributed by atoms with van der Waals surface area (Å²) >= 11 is 6.09. The van der Waals surface area contributed by atoms with E-state index >= 15 is 0 Å². The summed E-state index contributed by atoms with van der Waals surface area (Å²) in [5.41, 5.74) is 3.57. The van der Waals surface area contributed by atoms with E-state index in [-0.39, 0.29) is 0 Å². The van der Waals surface area contributed by atoms with Crippen molar-refractivity contribution in [3.63, 3.8) is 0 Å². The van der Waals surface area contributed by atoms with Gasteiger partial charge in [-0.05, 0) is 44.2 Å². The number of hydrogen-bond acceptors (Lipinski definition) is 2. The van der Waals surface area contributed by atoms with Gasteiger partial charge in [-0.2, -0.15) is 5.10 Å². The predicted molar refractivity (Wildman–Crippen MR) is 79.8 cm³/mol. The largest absolute Gasteiger partial charge is 0.319 e. The minimum Gasteiger partial charge on any atom is -0.319 e. The Hall–Kier alpha value is -1.32. The summed E-state index contributed by atoms with van der Waals surface area (Å²) in [6.45, 7) is 2.94. The predicted octanol–water partition coefficient (Wildman–Crippen LogP) is 2.93. The van der Waals surface area contributed by atoms with Crippen molar-refractivity contribution in [2.24, 2.45) is 7.05 Å². The van der Waals surface area contributed by atoms with Crippen LogP contribution in [0.15, 0.2) is 30.3 Å². The molecule has 1 heterocycles. The maximum Gasteiger partial charge on any atom is 0.0596 e. The van der Waals surface area contributed by atoms with E-state index in [0.29, 0.717) is 5.92 Å². The quantitative estimate of drug-likeness (QED) is 0.911. The van der Waals surface area contributed by atoms with E-state index < -0.39 is 0 Å². The molecule has 1 aromatic heterocycles. The van der Waals surface area contributed by atoms with Gasteiger partial charge in [-0.1, -0.05) is 23.7 Å². The molecule has 0 fully saturated rings. The molecule has 2 rings (SSSR count). The molecule has 0 saturated carbocycles. The molecule has 0 aliphatic rings. The van der Waals surface area contributed by atoms with Crippen LogP contribution in [0.4, 0.5) is 0 Å². The van der Waals surface area contributed by atoms with Gasteiger partial charge in [0.1, 0.15) is 0 Å². The molecule has 1 unspecified atom stereocenters. The third-order valence-electron chi connectivity index (χ3n) is 3.33. The Kier molecular flexibility index (Phi) is 4.61. The van der Waals surface area contributed by atoms with Crippen LogP contribution in [-0.2, 0) is 13.5 Å². The fraction of sp³-hybridized carbons (Fsp3) is 0.400. The molecule has 2 aromatic rings. The van der Waals surface area contributed by atoms with E-state index in [0.717, 1.165) is 23.7 Å². The molecule has 0 radical (unpaired) electrons. The Bertz CT molecular complexity index is 548. The highest BCUT2D eigenvalue weighted by Crippen LogP contribution is 2.23. The number of hydrogen-bond donors (Lipinski definition) is 1. The van der Waals surface area contributed by atoms with E-state index in [4.69, 9.17) is 11.6 Å². The van der Waals surface area contributed by atoms with Gasteiger partial charge in [0, 0.05) is 30.2 Å². The van der Waals surface area contributed by atoms with Crippen LogP contribution in [0.2, 0.25) is 5.02 Å². The molecular weight excluding hydrogens is 258 g/mol. The smallest absolute Gasteiger partial charge is 0.0596 e. The lowest BCUT2D eigenvalue weighted by molar-refractivity contribution is 0.591. The van der Waals surface area contributed by atoms with Gasteiger partial charge < -0.3 is 5.32 Å². The Morgan fingerprint density at radius 3 is 2.74 bits per heavy atom. The van der Waals surface area contributed by atoms with Crippen LogP contribution in [0.3, 0.4) is 0 Å². The monoisotopic (exact) mass is 277 g/mol. The van der Waals surface area contributed by atoms with Gasteiger partial charge in [0.05, 0.1) is 5.69 Å². The van der Waals surface area contributed by atoms with Crippen molar-refractivity contribution in [2.45, 2.75) is 19.3 Å². The van der Waals surface area contributed by atoms with E-state index in [1.54, 1.807) is 0 Å². The second-order valence-corrected chi connectivity index (χ2v) is 5.35. The molecule has 0 amide bonds. The number of rotatable bonds is 5.